The molecule has 0 heteroatoms. The molecule has 94 valence electrons. The third-order valence-electron chi connectivity index (χ3n) is 4.32. The zero-order chi connectivity index (χ0) is 12.6. The van der Waals surface area contributed by atoms with Gasteiger partial charge in [0, 0.05) is 0 Å². The summed E-state index contributed by atoms with van der Waals surface area (Å²) in [5.74, 6) is 0.829. The first kappa shape index (κ1) is 12.7. The van der Waals surface area contributed by atoms with E-state index in [-0.39, 0.29) is 5.41 Å². The normalized spacial score (nSPS) is 17.7. The van der Waals surface area contributed by atoms with Gasteiger partial charge in [0.15, 0.2) is 0 Å². The molecular formula is C17H26. The summed E-state index contributed by atoms with van der Waals surface area (Å²) in [6, 6.07) is 4.92. The fraction of sp³-hybridized carbons (Fsp3) is 0.647. The monoisotopic (exact) mass is 230 g/mol. The van der Waals surface area contributed by atoms with Crippen LogP contribution in [0.2, 0.25) is 0 Å². The average Bonchev–Trinajstić information content (AvgIpc) is 2.73. The largest absolute Gasteiger partial charge is 0.0561 e. The fourth-order valence-electron chi connectivity index (χ4n) is 3.16. The highest BCUT2D eigenvalue weighted by molar-refractivity contribution is 5.42. The van der Waals surface area contributed by atoms with Gasteiger partial charge < -0.3 is 0 Å². The topological polar surface area (TPSA) is 0 Å². The molecular weight excluding hydrogens is 204 g/mol. The van der Waals surface area contributed by atoms with Crippen molar-refractivity contribution in [2.75, 3.05) is 0 Å². The highest BCUT2D eigenvalue weighted by atomic mass is 14.3. The molecule has 0 aliphatic heterocycles. The predicted octanol–water partition coefficient (Wildman–Crippen LogP) is 5.26. The summed E-state index contributed by atoms with van der Waals surface area (Å²) in [6.45, 7) is 11.5. The molecule has 0 nitrogen and oxygen atoms in total. The fourth-order valence-corrected chi connectivity index (χ4v) is 3.16. The van der Waals surface area contributed by atoms with Crippen LogP contribution < -0.4 is 0 Å². The average molecular weight is 230 g/mol. The van der Waals surface area contributed by atoms with Gasteiger partial charge >= 0.3 is 0 Å². The van der Waals surface area contributed by atoms with Crippen molar-refractivity contribution in [3.8, 4) is 0 Å². The number of rotatable bonds is 1. The van der Waals surface area contributed by atoms with Crippen LogP contribution in [-0.4, -0.2) is 0 Å². The lowest BCUT2D eigenvalue weighted by Crippen LogP contribution is -2.15. The van der Waals surface area contributed by atoms with Crippen LogP contribution in [0.5, 0.6) is 0 Å². The van der Waals surface area contributed by atoms with Gasteiger partial charge in [-0.25, -0.2) is 0 Å². The van der Waals surface area contributed by atoms with Crippen LogP contribution in [0.3, 0.4) is 0 Å². The summed E-state index contributed by atoms with van der Waals surface area (Å²) in [5, 5.41) is 0. The Balaban J connectivity index is 2.45. The minimum atomic E-state index is 0.267. The SMILES string of the molecule is Cc1cc(C2CCCC2)cc(C(C)(C)C)c1C. The summed E-state index contributed by atoms with van der Waals surface area (Å²) in [4.78, 5) is 0. The number of aryl methyl sites for hydroxylation is 1. The van der Waals surface area contributed by atoms with E-state index in [2.05, 4.69) is 46.8 Å². The predicted molar refractivity (Wildman–Crippen MR) is 75.8 cm³/mol. The lowest BCUT2D eigenvalue weighted by Gasteiger charge is -2.25. The molecule has 0 saturated heterocycles. The van der Waals surface area contributed by atoms with Crippen molar-refractivity contribution in [3.05, 3.63) is 34.4 Å². The van der Waals surface area contributed by atoms with Crippen LogP contribution in [0.15, 0.2) is 12.1 Å². The van der Waals surface area contributed by atoms with Crippen LogP contribution >= 0.6 is 0 Å². The third-order valence-corrected chi connectivity index (χ3v) is 4.32. The van der Waals surface area contributed by atoms with Gasteiger partial charge in [0.2, 0.25) is 0 Å². The standard InChI is InChI=1S/C17H26/c1-12-10-15(14-8-6-7-9-14)11-16(13(12)2)17(3,4)5/h10-11,14H,6-9H2,1-5H3. The Bertz CT molecular complexity index is 401. The van der Waals surface area contributed by atoms with Crippen LogP contribution in [0, 0.1) is 13.8 Å². The molecule has 1 saturated carbocycles. The van der Waals surface area contributed by atoms with Crippen molar-refractivity contribution >= 4 is 0 Å². The summed E-state index contributed by atoms with van der Waals surface area (Å²) in [6.07, 6.45) is 5.63. The third kappa shape index (κ3) is 2.56. The van der Waals surface area contributed by atoms with E-state index in [0.29, 0.717) is 0 Å². The molecule has 0 radical (unpaired) electrons. The van der Waals surface area contributed by atoms with E-state index in [4.69, 9.17) is 0 Å². The molecule has 0 amide bonds. The number of hydrogen-bond acceptors (Lipinski definition) is 0. The van der Waals surface area contributed by atoms with E-state index < -0.39 is 0 Å². The molecule has 0 aromatic heterocycles. The van der Waals surface area contributed by atoms with Gasteiger partial charge in [0.05, 0.1) is 0 Å². The van der Waals surface area contributed by atoms with E-state index in [0.717, 1.165) is 5.92 Å². The zero-order valence-corrected chi connectivity index (χ0v) is 12.1. The second-order valence-corrected chi connectivity index (χ2v) is 6.74. The Morgan fingerprint density at radius 1 is 1.00 bits per heavy atom. The quantitative estimate of drug-likeness (QED) is 0.617. The van der Waals surface area contributed by atoms with E-state index >= 15 is 0 Å². The summed E-state index contributed by atoms with van der Waals surface area (Å²) in [7, 11) is 0. The van der Waals surface area contributed by atoms with E-state index in [1.165, 1.54) is 36.8 Å². The Hall–Kier alpha value is -0.780. The molecule has 0 unspecified atom stereocenters. The van der Waals surface area contributed by atoms with Crippen molar-refractivity contribution < 1.29 is 0 Å². The van der Waals surface area contributed by atoms with E-state index in [9.17, 15) is 0 Å². The van der Waals surface area contributed by atoms with Gasteiger partial charge in [0.1, 0.15) is 0 Å². The second kappa shape index (κ2) is 4.48. The molecule has 1 aromatic rings. The lowest BCUT2D eigenvalue weighted by atomic mass is 9.80. The number of hydrogen-bond donors (Lipinski definition) is 0. The first-order valence-corrected chi connectivity index (χ1v) is 7.01. The van der Waals surface area contributed by atoms with Crippen molar-refractivity contribution in [3.63, 3.8) is 0 Å². The van der Waals surface area contributed by atoms with Crippen molar-refractivity contribution in [1.29, 1.82) is 0 Å². The van der Waals surface area contributed by atoms with Crippen LogP contribution in [0.25, 0.3) is 0 Å². The molecule has 2 rings (SSSR count). The van der Waals surface area contributed by atoms with Crippen LogP contribution in [-0.2, 0) is 5.41 Å². The second-order valence-electron chi connectivity index (χ2n) is 6.74. The Morgan fingerprint density at radius 2 is 1.59 bits per heavy atom. The van der Waals surface area contributed by atoms with Gasteiger partial charge in [-0.1, -0.05) is 45.7 Å². The van der Waals surface area contributed by atoms with Gasteiger partial charge in [-0.3, -0.25) is 0 Å². The van der Waals surface area contributed by atoms with Crippen molar-refractivity contribution in [2.24, 2.45) is 0 Å². The van der Waals surface area contributed by atoms with Crippen LogP contribution in [0.1, 0.15) is 74.6 Å². The Morgan fingerprint density at radius 3 is 2.12 bits per heavy atom. The molecule has 1 fully saturated rings. The van der Waals surface area contributed by atoms with E-state index in [1.54, 1.807) is 11.1 Å². The maximum absolute atomic E-state index is 2.48. The molecule has 0 N–H and O–H groups in total. The maximum Gasteiger partial charge on any atom is -0.0129 e. The molecule has 0 bridgehead atoms. The molecule has 0 spiro atoms. The summed E-state index contributed by atoms with van der Waals surface area (Å²) in [5.41, 5.74) is 6.36. The molecule has 0 heterocycles. The van der Waals surface area contributed by atoms with Gasteiger partial charge in [-0.2, -0.15) is 0 Å². The first-order chi connectivity index (χ1) is 7.89. The van der Waals surface area contributed by atoms with Gasteiger partial charge in [-0.15, -0.1) is 0 Å². The molecule has 1 aliphatic carbocycles. The van der Waals surface area contributed by atoms with Crippen molar-refractivity contribution in [1.82, 2.24) is 0 Å². The molecule has 1 aromatic carbocycles. The first-order valence-electron chi connectivity index (χ1n) is 7.01. The van der Waals surface area contributed by atoms with E-state index in [1.807, 2.05) is 0 Å². The maximum atomic E-state index is 2.48. The Kier molecular flexibility index (Phi) is 3.34. The number of benzene rings is 1. The van der Waals surface area contributed by atoms with Gasteiger partial charge in [0.25, 0.3) is 0 Å². The highest BCUT2D eigenvalue weighted by Gasteiger charge is 2.22. The minimum Gasteiger partial charge on any atom is -0.0561 e. The van der Waals surface area contributed by atoms with Crippen LogP contribution in [0.4, 0.5) is 0 Å². The highest BCUT2D eigenvalue weighted by Crippen LogP contribution is 2.37. The van der Waals surface area contributed by atoms with Crippen molar-refractivity contribution in [2.45, 2.75) is 71.6 Å². The molecule has 17 heavy (non-hydrogen) atoms. The Labute approximate surface area is 106 Å². The zero-order valence-electron chi connectivity index (χ0n) is 12.1. The molecule has 1 aliphatic rings. The van der Waals surface area contributed by atoms with Gasteiger partial charge in [-0.05, 0) is 60.3 Å². The smallest absolute Gasteiger partial charge is 0.0129 e. The minimum absolute atomic E-state index is 0.267. The lowest BCUT2D eigenvalue weighted by molar-refractivity contribution is 0.582. The molecule has 0 atom stereocenters. The summed E-state index contributed by atoms with van der Waals surface area (Å²) >= 11 is 0. The summed E-state index contributed by atoms with van der Waals surface area (Å²) < 4.78 is 0.